The number of fused-ring (bicyclic) bond motifs is 1. The first-order valence-corrected chi connectivity index (χ1v) is 11.9. The lowest BCUT2D eigenvalue weighted by molar-refractivity contribution is -0.125. The average molecular weight is 475 g/mol. The Balaban J connectivity index is 1.41. The van der Waals surface area contributed by atoms with Crippen LogP contribution in [0.5, 0.6) is 0 Å². The molecule has 0 spiro atoms. The highest BCUT2D eigenvalue weighted by Crippen LogP contribution is 2.31. The Morgan fingerprint density at radius 3 is 2.62 bits per heavy atom. The zero-order valence-corrected chi connectivity index (χ0v) is 20.1. The molecule has 7 nitrogen and oxygen atoms in total. The Labute approximate surface area is 203 Å². The van der Waals surface area contributed by atoms with Crippen LogP contribution in [0.15, 0.2) is 54.6 Å². The molecule has 0 bridgehead atoms. The molecule has 1 amide bonds. The van der Waals surface area contributed by atoms with Gasteiger partial charge < -0.3 is 10.2 Å². The second-order valence-corrected chi connectivity index (χ2v) is 9.23. The van der Waals surface area contributed by atoms with Crippen molar-refractivity contribution in [1.29, 1.82) is 0 Å². The standard InChI is InChI=1S/C26H27ClN6O/c1-17-23-18(2)33(22-12-10-21(27)11-13-22)31-24(23)25(30-29-17)32-14-6-9-20(16-32)26(34)28-15-19-7-4-3-5-8-19/h3-5,7-8,10-13,20H,6,9,14-16H2,1-2H3,(H,28,34)/t20-/m1/s1. The largest absolute Gasteiger partial charge is 0.352 e. The van der Waals surface area contributed by atoms with Gasteiger partial charge in [0.25, 0.3) is 0 Å². The van der Waals surface area contributed by atoms with Gasteiger partial charge in [-0.25, -0.2) is 4.68 Å². The summed E-state index contributed by atoms with van der Waals surface area (Å²) >= 11 is 6.08. The van der Waals surface area contributed by atoms with E-state index in [9.17, 15) is 4.79 Å². The fourth-order valence-electron chi connectivity index (χ4n) is 4.67. The van der Waals surface area contributed by atoms with E-state index in [4.69, 9.17) is 16.7 Å². The number of carbonyl (C=O) groups excluding carboxylic acids is 1. The van der Waals surface area contributed by atoms with Gasteiger partial charge in [0.05, 0.1) is 28.4 Å². The highest BCUT2D eigenvalue weighted by Gasteiger charge is 2.29. The minimum absolute atomic E-state index is 0.0766. The zero-order chi connectivity index (χ0) is 23.7. The molecule has 1 aliphatic heterocycles. The lowest BCUT2D eigenvalue weighted by Gasteiger charge is -2.32. The van der Waals surface area contributed by atoms with E-state index >= 15 is 0 Å². The topological polar surface area (TPSA) is 75.9 Å². The van der Waals surface area contributed by atoms with Gasteiger partial charge in [-0.3, -0.25) is 4.79 Å². The van der Waals surface area contributed by atoms with Gasteiger partial charge in [-0.1, -0.05) is 41.9 Å². The monoisotopic (exact) mass is 474 g/mol. The molecule has 1 aliphatic rings. The zero-order valence-electron chi connectivity index (χ0n) is 19.3. The summed E-state index contributed by atoms with van der Waals surface area (Å²) in [7, 11) is 0. The Bertz CT molecular complexity index is 1320. The molecule has 5 rings (SSSR count). The van der Waals surface area contributed by atoms with Gasteiger partial charge in [-0.2, -0.15) is 10.2 Å². The van der Waals surface area contributed by atoms with Gasteiger partial charge in [0.15, 0.2) is 5.82 Å². The molecule has 34 heavy (non-hydrogen) atoms. The van der Waals surface area contributed by atoms with Gasteiger partial charge in [-0.15, -0.1) is 5.10 Å². The van der Waals surface area contributed by atoms with Crippen molar-refractivity contribution in [2.75, 3.05) is 18.0 Å². The maximum Gasteiger partial charge on any atom is 0.225 e. The van der Waals surface area contributed by atoms with Crippen LogP contribution in [-0.2, 0) is 11.3 Å². The van der Waals surface area contributed by atoms with Crippen LogP contribution in [0.4, 0.5) is 5.82 Å². The van der Waals surface area contributed by atoms with Crippen molar-refractivity contribution < 1.29 is 4.79 Å². The third-order valence-electron chi connectivity index (χ3n) is 6.46. The Hall–Kier alpha value is -3.45. The smallest absolute Gasteiger partial charge is 0.225 e. The second kappa shape index (κ2) is 9.43. The first-order valence-electron chi connectivity index (χ1n) is 11.6. The summed E-state index contributed by atoms with van der Waals surface area (Å²) in [5.74, 6) is 0.708. The van der Waals surface area contributed by atoms with Crippen LogP contribution in [0.25, 0.3) is 16.6 Å². The molecule has 0 saturated carbocycles. The van der Waals surface area contributed by atoms with Crippen molar-refractivity contribution in [2.24, 2.45) is 5.92 Å². The van der Waals surface area contributed by atoms with E-state index in [0.717, 1.165) is 58.7 Å². The van der Waals surface area contributed by atoms with Gasteiger partial charge in [-0.05, 0) is 56.5 Å². The number of hydrogen-bond acceptors (Lipinski definition) is 5. The molecule has 2 aromatic heterocycles. The van der Waals surface area contributed by atoms with Gasteiger partial charge in [0, 0.05) is 24.7 Å². The number of nitrogens with one attached hydrogen (secondary N) is 1. The third kappa shape index (κ3) is 4.35. The molecule has 174 valence electrons. The maximum atomic E-state index is 12.9. The highest BCUT2D eigenvalue weighted by molar-refractivity contribution is 6.30. The predicted octanol–water partition coefficient (Wildman–Crippen LogP) is 4.62. The van der Waals surface area contributed by atoms with E-state index in [0.29, 0.717) is 18.1 Å². The van der Waals surface area contributed by atoms with Crippen LogP contribution in [0.2, 0.25) is 5.02 Å². The molecule has 2 aromatic carbocycles. The van der Waals surface area contributed by atoms with Crippen molar-refractivity contribution >= 4 is 34.2 Å². The fourth-order valence-corrected chi connectivity index (χ4v) is 4.80. The quantitative estimate of drug-likeness (QED) is 0.456. The van der Waals surface area contributed by atoms with E-state index in [2.05, 4.69) is 20.4 Å². The third-order valence-corrected chi connectivity index (χ3v) is 6.71. The highest BCUT2D eigenvalue weighted by atomic mass is 35.5. The first kappa shape index (κ1) is 22.3. The number of rotatable bonds is 5. The Morgan fingerprint density at radius 1 is 1.09 bits per heavy atom. The van der Waals surface area contributed by atoms with Crippen LogP contribution in [0.3, 0.4) is 0 Å². The summed E-state index contributed by atoms with van der Waals surface area (Å²) in [6, 6.07) is 17.6. The summed E-state index contributed by atoms with van der Waals surface area (Å²) in [4.78, 5) is 15.1. The molecule has 1 atom stereocenters. The number of halogens is 1. The van der Waals surface area contributed by atoms with Crippen LogP contribution >= 0.6 is 11.6 Å². The number of benzene rings is 2. The number of carbonyl (C=O) groups is 1. The molecule has 1 fully saturated rings. The minimum Gasteiger partial charge on any atom is -0.352 e. The number of aryl methyl sites for hydroxylation is 2. The van der Waals surface area contributed by atoms with Gasteiger partial charge in [0.1, 0.15) is 5.52 Å². The Kier molecular flexibility index (Phi) is 6.20. The molecular weight excluding hydrogens is 448 g/mol. The number of nitrogens with zero attached hydrogens (tertiary/aromatic N) is 5. The SMILES string of the molecule is Cc1nnc(N2CCC[C@@H](C(=O)NCc3ccccc3)C2)c2nn(-c3ccc(Cl)cc3)c(C)c12. The lowest BCUT2D eigenvalue weighted by atomic mass is 9.97. The van der Waals surface area contributed by atoms with Crippen molar-refractivity contribution in [3.63, 3.8) is 0 Å². The first-order chi connectivity index (χ1) is 16.5. The Morgan fingerprint density at radius 2 is 1.85 bits per heavy atom. The van der Waals surface area contributed by atoms with Crippen molar-refractivity contribution in [2.45, 2.75) is 33.2 Å². The number of anilines is 1. The molecule has 4 aromatic rings. The van der Waals surface area contributed by atoms with Crippen molar-refractivity contribution in [1.82, 2.24) is 25.3 Å². The molecular formula is C26H27ClN6O. The van der Waals surface area contributed by atoms with Crippen LogP contribution in [0.1, 0.15) is 29.8 Å². The van der Waals surface area contributed by atoms with Crippen LogP contribution in [-0.4, -0.2) is 39.0 Å². The predicted molar refractivity (Wildman–Crippen MR) is 134 cm³/mol. The summed E-state index contributed by atoms with van der Waals surface area (Å²) in [6.45, 7) is 5.95. The number of amides is 1. The fraction of sp³-hybridized carbons (Fsp3) is 0.308. The van der Waals surface area contributed by atoms with E-state index in [-0.39, 0.29) is 11.8 Å². The summed E-state index contributed by atoms with van der Waals surface area (Å²) in [5, 5.41) is 18.7. The van der Waals surface area contributed by atoms with Crippen molar-refractivity contribution in [3.05, 3.63) is 76.6 Å². The molecule has 3 heterocycles. The summed E-state index contributed by atoms with van der Waals surface area (Å²) < 4.78 is 1.91. The molecule has 1 saturated heterocycles. The van der Waals surface area contributed by atoms with Gasteiger partial charge in [0.2, 0.25) is 5.91 Å². The molecule has 8 heteroatoms. The molecule has 0 unspecified atom stereocenters. The van der Waals surface area contributed by atoms with Crippen LogP contribution < -0.4 is 10.2 Å². The van der Waals surface area contributed by atoms with Crippen molar-refractivity contribution in [3.8, 4) is 5.69 Å². The second-order valence-electron chi connectivity index (χ2n) is 8.79. The van der Waals surface area contributed by atoms with E-state index in [1.165, 1.54) is 0 Å². The number of aromatic nitrogens is 4. The van der Waals surface area contributed by atoms with Crippen LogP contribution in [0, 0.1) is 19.8 Å². The number of hydrogen-bond donors (Lipinski definition) is 1. The maximum absolute atomic E-state index is 12.9. The van der Waals surface area contributed by atoms with E-state index in [1.807, 2.05) is 73.1 Å². The van der Waals surface area contributed by atoms with Gasteiger partial charge >= 0.3 is 0 Å². The normalized spacial score (nSPS) is 16.1. The lowest BCUT2D eigenvalue weighted by Crippen LogP contribution is -2.43. The van der Waals surface area contributed by atoms with E-state index in [1.54, 1.807) is 0 Å². The minimum atomic E-state index is -0.102. The number of piperidine rings is 1. The molecule has 0 radical (unpaired) electrons. The van der Waals surface area contributed by atoms with E-state index < -0.39 is 0 Å². The average Bonchev–Trinajstić information content (AvgIpc) is 3.22. The molecule has 0 aliphatic carbocycles. The summed E-state index contributed by atoms with van der Waals surface area (Å²) in [6.07, 6.45) is 1.77. The summed E-state index contributed by atoms with van der Waals surface area (Å²) in [5.41, 5.74) is 4.68. The molecule has 1 N–H and O–H groups in total.